The molecule has 0 amide bonds. The van der Waals surface area contributed by atoms with E-state index in [1.165, 1.54) is 45.2 Å². The van der Waals surface area contributed by atoms with E-state index < -0.39 is 0 Å². The average molecular weight is 254 g/mol. The Balaban J connectivity index is 1.96. The second kappa shape index (κ2) is 5.89. The van der Waals surface area contributed by atoms with E-state index in [-0.39, 0.29) is 0 Å². The van der Waals surface area contributed by atoms with Gasteiger partial charge in [-0.1, -0.05) is 20.3 Å². The van der Waals surface area contributed by atoms with E-state index in [0.29, 0.717) is 24.1 Å². The van der Waals surface area contributed by atoms with Crippen molar-refractivity contribution in [2.24, 2.45) is 11.3 Å². The molecule has 1 aliphatic carbocycles. The molecule has 0 aromatic heterocycles. The van der Waals surface area contributed by atoms with E-state index in [2.05, 4.69) is 31.1 Å². The Morgan fingerprint density at radius 2 is 2.06 bits per heavy atom. The van der Waals surface area contributed by atoms with E-state index >= 15 is 0 Å². The number of nitrogens with one attached hydrogen (secondary N) is 1. The standard InChI is InChI=1S/C15H30N2O/c1-15(2)8-7-12(14(15)16-3)10-17-9-5-4-6-13(17)11-18/h12-14,16,18H,4-11H2,1-3H3. The highest BCUT2D eigenvalue weighted by molar-refractivity contribution is 4.97. The van der Waals surface area contributed by atoms with E-state index in [4.69, 9.17) is 0 Å². The van der Waals surface area contributed by atoms with Crippen LogP contribution in [0.4, 0.5) is 0 Å². The molecular weight excluding hydrogens is 224 g/mol. The first-order chi connectivity index (χ1) is 8.58. The Hall–Kier alpha value is -0.120. The first kappa shape index (κ1) is 14.3. The molecule has 3 unspecified atom stereocenters. The summed E-state index contributed by atoms with van der Waals surface area (Å²) in [4.78, 5) is 2.54. The molecule has 0 aromatic carbocycles. The predicted octanol–water partition coefficient (Wildman–Crippen LogP) is 1.86. The van der Waals surface area contributed by atoms with E-state index in [9.17, 15) is 5.11 Å². The Morgan fingerprint density at radius 3 is 2.72 bits per heavy atom. The zero-order valence-corrected chi connectivity index (χ0v) is 12.3. The minimum absolute atomic E-state index is 0.334. The van der Waals surface area contributed by atoms with Gasteiger partial charge >= 0.3 is 0 Å². The number of nitrogens with zero attached hydrogens (tertiary/aromatic N) is 1. The highest BCUT2D eigenvalue weighted by Crippen LogP contribution is 2.41. The van der Waals surface area contributed by atoms with Crippen LogP contribution >= 0.6 is 0 Å². The molecule has 1 aliphatic heterocycles. The summed E-state index contributed by atoms with van der Waals surface area (Å²) in [6, 6.07) is 1.04. The number of aliphatic hydroxyl groups excluding tert-OH is 1. The highest BCUT2D eigenvalue weighted by Gasteiger charge is 2.42. The zero-order chi connectivity index (χ0) is 13.2. The number of aliphatic hydroxyl groups is 1. The maximum Gasteiger partial charge on any atom is 0.0586 e. The third-order valence-corrected chi connectivity index (χ3v) is 5.21. The van der Waals surface area contributed by atoms with Crippen LogP contribution in [0.15, 0.2) is 0 Å². The van der Waals surface area contributed by atoms with Crippen molar-refractivity contribution < 1.29 is 5.11 Å². The molecule has 18 heavy (non-hydrogen) atoms. The number of hydrogen-bond donors (Lipinski definition) is 2. The van der Waals surface area contributed by atoms with Crippen molar-refractivity contribution in [3.8, 4) is 0 Å². The molecule has 1 saturated carbocycles. The van der Waals surface area contributed by atoms with Crippen LogP contribution in [0.2, 0.25) is 0 Å². The molecule has 2 fully saturated rings. The summed E-state index contributed by atoms with van der Waals surface area (Å²) in [5.74, 6) is 0.747. The first-order valence-electron chi connectivity index (χ1n) is 7.60. The van der Waals surface area contributed by atoms with Gasteiger partial charge in [-0.15, -0.1) is 0 Å². The SMILES string of the molecule is CNC1C(CN2CCCCC2CO)CCC1(C)C. The van der Waals surface area contributed by atoms with Gasteiger partial charge in [0.05, 0.1) is 6.61 Å². The van der Waals surface area contributed by atoms with Crippen LogP contribution in [-0.2, 0) is 0 Å². The monoisotopic (exact) mass is 254 g/mol. The minimum Gasteiger partial charge on any atom is -0.395 e. The molecule has 3 atom stereocenters. The minimum atomic E-state index is 0.334. The molecule has 2 aliphatic rings. The lowest BCUT2D eigenvalue weighted by atomic mass is 9.84. The van der Waals surface area contributed by atoms with Gasteiger partial charge in [-0.3, -0.25) is 4.90 Å². The van der Waals surface area contributed by atoms with Crippen LogP contribution in [-0.4, -0.2) is 48.8 Å². The molecule has 0 radical (unpaired) electrons. The van der Waals surface area contributed by atoms with Crippen molar-refractivity contribution >= 4 is 0 Å². The molecule has 3 heteroatoms. The first-order valence-corrected chi connectivity index (χ1v) is 7.60. The van der Waals surface area contributed by atoms with Gasteiger partial charge < -0.3 is 10.4 Å². The molecule has 0 bridgehead atoms. The van der Waals surface area contributed by atoms with Crippen molar-refractivity contribution in [3.05, 3.63) is 0 Å². The van der Waals surface area contributed by atoms with Crippen LogP contribution in [0.3, 0.4) is 0 Å². The van der Waals surface area contributed by atoms with Crippen LogP contribution < -0.4 is 5.32 Å². The third-order valence-electron chi connectivity index (χ3n) is 5.21. The Kier molecular flexibility index (Phi) is 4.68. The number of rotatable bonds is 4. The lowest BCUT2D eigenvalue weighted by molar-refractivity contribution is 0.0694. The summed E-state index contributed by atoms with van der Waals surface area (Å²) in [7, 11) is 2.10. The Labute approximate surface area is 112 Å². The van der Waals surface area contributed by atoms with Crippen molar-refractivity contribution in [1.29, 1.82) is 0 Å². The van der Waals surface area contributed by atoms with Crippen LogP contribution in [0.1, 0.15) is 46.0 Å². The molecule has 1 saturated heterocycles. The third kappa shape index (κ3) is 2.89. The number of likely N-dealkylation sites (tertiary alicyclic amines) is 1. The predicted molar refractivity (Wildman–Crippen MR) is 75.7 cm³/mol. The van der Waals surface area contributed by atoms with Crippen molar-refractivity contribution in [2.45, 2.75) is 58.0 Å². The van der Waals surface area contributed by atoms with Gasteiger partial charge in [0, 0.05) is 18.6 Å². The van der Waals surface area contributed by atoms with Gasteiger partial charge in [-0.2, -0.15) is 0 Å². The zero-order valence-electron chi connectivity index (χ0n) is 12.3. The topological polar surface area (TPSA) is 35.5 Å². The number of piperidine rings is 1. The van der Waals surface area contributed by atoms with E-state index in [0.717, 1.165) is 5.92 Å². The Bertz CT molecular complexity index is 267. The van der Waals surface area contributed by atoms with Gasteiger partial charge in [0.25, 0.3) is 0 Å². The summed E-state index contributed by atoms with van der Waals surface area (Å²) in [6.07, 6.45) is 6.41. The summed E-state index contributed by atoms with van der Waals surface area (Å²) < 4.78 is 0. The fourth-order valence-electron chi connectivity index (χ4n) is 4.15. The highest BCUT2D eigenvalue weighted by atomic mass is 16.3. The van der Waals surface area contributed by atoms with Crippen molar-refractivity contribution in [2.75, 3.05) is 26.7 Å². The quantitative estimate of drug-likeness (QED) is 0.804. The molecular formula is C15H30N2O. The molecule has 0 spiro atoms. The summed E-state index contributed by atoms with van der Waals surface area (Å²) in [5.41, 5.74) is 0.421. The molecule has 1 heterocycles. The van der Waals surface area contributed by atoms with Crippen LogP contribution in [0.25, 0.3) is 0 Å². The normalized spacial score (nSPS) is 37.0. The molecule has 3 nitrogen and oxygen atoms in total. The molecule has 0 aromatic rings. The summed E-state index contributed by atoms with van der Waals surface area (Å²) in [6.45, 7) is 7.45. The number of hydrogen-bond acceptors (Lipinski definition) is 3. The van der Waals surface area contributed by atoms with Gasteiger partial charge in [-0.25, -0.2) is 0 Å². The van der Waals surface area contributed by atoms with E-state index in [1.54, 1.807) is 0 Å². The van der Waals surface area contributed by atoms with Gasteiger partial charge in [0.15, 0.2) is 0 Å². The maximum atomic E-state index is 9.50. The van der Waals surface area contributed by atoms with Crippen LogP contribution in [0, 0.1) is 11.3 Å². The molecule has 106 valence electrons. The van der Waals surface area contributed by atoms with Crippen molar-refractivity contribution in [3.63, 3.8) is 0 Å². The lowest BCUT2D eigenvalue weighted by Crippen LogP contribution is -2.49. The molecule has 2 rings (SSSR count). The largest absolute Gasteiger partial charge is 0.395 e. The van der Waals surface area contributed by atoms with E-state index in [1.807, 2.05) is 0 Å². The van der Waals surface area contributed by atoms with Crippen LogP contribution in [0.5, 0.6) is 0 Å². The second-order valence-electron chi connectivity index (χ2n) is 6.88. The van der Waals surface area contributed by atoms with Crippen molar-refractivity contribution in [1.82, 2.24) is 10.2 Å². The molecule has 2 N–H and O–H groups in total. The van der Waals surface area contributed by atoms with Gasteiger partial charge in [0.2, 0.25) is 0 Å². The maximum absolute atomic E-state index is 9.50. The lowest BCUT2D eigenvalue weighted by Gasteiger charge is -2.39. The summed E-state index contributed by atoms with van der Waals surface area (Å²) in [5, 5.41) is 13.0. The average Bonchev–Trinajstić information content (AvgIpc) is 2.64. The van der Waals surface area contributed by atoms with Gasteiger partial charge in [0.1, 0.15) is 0 Å². The fourth-order valence-corrected chi connectivity index (χ4v) is 4.15. The Morgan fingerprint density at radius 1 is 1.28 bits per heavy atom. The smallest absolute Gasteiger partial charge is 0.0586 e. The summed E-state index contributed by atoms with van der Waals surface area (Å²) >= 11 is 0. The fraction of sp³-hybridized carbons (Fsp3) is 1.00. The van der Waals surface area contributed by atoms with Gasteiger partial charge in [-0.05, 0) is 50.6 Å². The second-order valence-corrected chi connectivity index (χ2v) is 6.88.